The summed E-state index contributed by atoms with van der Waals surface area (Å²) in [7, 11) is 0. The van der Waals surface area contributed by atoms with E-state index in [1.165, 1.54) is 41.7 Å². The number of nitrogens with zero attached hydrogens (tertiary/aromatic N) is 4. The number of thiophene rings is 1. The molecule has 0 radical (unpaired) electrons. The highest BCUT2D eigenvalue weighted by molar-refractivity contribution is 7.18. The molecule has 14 nitrogen and oxygen atoms in total. The third kappa shape index (κ3) is 7.05. The lowest BCUT2D eigenvalue weighted by atomic mass is 10.2. The van der Waals surface area contributed by atoms with Gasteiger partial charge in [0.25, 0.3) is 17.7 Å². The Balaban J connectivity index is 1.27. The number of rotatable bonds is 10. The number of halogens is 2. The molecule has 2 saturated heterocycles. The van der Waals surface area contributed by atoms with Crippen LogP contribution in [0.2, 0.25) is 4.34 Å². The van der Waals surface area contributed by atoms with Crippen LogP contribution >= 0.6 is 22.9 Å². The Morgan fingerprint density at radius 3 is 2.75 bits per heavy atom. The molecule has 3 aromatic rings. The number of anilines is 2. The number of ether oxygens (including phenoxy) is 3. The molecule has 4 amide bonds. The van der Waals surface area contributed by atoms with Crippen LogP contribution < -0.4 is 15.5 Å². The van der Waals surface area contributed by atoms with E-state index in [0.717, 1.165) is 27.2 Å². The lowest BCUT2D eigenvalue weighted by Gasteiger charge is -2.27. The van der Waals surface area contributed by atoms with Gasteiger partial charge in [0.1, 0.15) is 24.6 Å². The van der Waals surface area contributed by atoms with Gasteiger partial charge in [-0.05, 0) is 30.3 Å². The molecule has 232 valence electrons. The molecular weight excluding hydrogens is 623 g/mol. The number of amides is 4. The zero-order valence-corrected chi connectivity index (χ0v) is 24.5. The van der Waals surface area contributed by atoms with Gasteiger partial charge in [0.05, 0.1) is 40.9 Å². The van der Waals surface area contributed by atoms with Crippen molar-refractivity contribution in [3.63, 3.8) is 0 Å². The number of imide groups is 1. The number of cyclic esters (lactones) is 1. The fourth-order valence-corrected chi connectivity index (χ4v) is 5.58. The largest absolute Gasteiger partial charge is 0.454 e. The summed E-state index contributed by atoms with van der Waals surface area (Å²) in [5.41, 5.74) is 6.64. The number of nitrogens with one attached hydrogen (secondary N) is 1. The summed E-state index contributed by atoms with van der Waals surface area (Å²) in [5.74, 6) is -3.64. The van der Waals surface area contributed by atoms with Crippen LogP contribution in [0.5, 0.6) is 0 Å². The minimum Gasteiger partial charge on any atom is -0.454 e. The number of esters is 1. The van der Waals surface area contributed by atoms with Gasteiger partial charge in [-0.1, -0.05) is 11.6 Å². The lowest BCUT2D eigenvalue weighted by Crippen LogP contribution is -2.45. The van der Waals surface area contributed by atoms with E-state index in [0.29, 0.717) is 22.3 Å². The quantitative estimate of drug-likeness (QED) is 0.308. The molecule has 44 heavy (non-hydrogen) atoms. The predicted octanol–water partition coefficient (Wildman–Crippen LogP) is 1.73. The highest BCUT2D eigenvalue weighted by atomic mass is 35.5. The van der Waals surface area contributed by atoms with Gasteiger partial charge in [-0.3, -0.25) is 29.0 Å². The van der Waals surface area contributed by atoms with Gasteiger partial charge in [0.15, 0.2) is 6.61 Å². The highest BCUT2D eigenvalue weighted by Gasteiger charge is 2.38. The van der Waals surface area contributed by atoms with Crippen molar-refractivity contribution in [3.05, 3.63) is 63.6 Å². The van der Waals surface area contributed by atoms with Crippen LogP contribution in [-0.4, -0.2) is 96.3 Å². The van der Waals surface area contributed by atoms with Gasteiger partial charge >= 0.3 is 12.1 Å². The number of imidazole rings is 1. The van der Waals surface area contributed by atoms with E-state index in [4.69, 9.17) is 31.5 Å². The molecule has 3 N–H and O–H groups in total. The lowest BCUT2D eigenvalue weighted by molar-refractivity contribution is -0.152. The van der Waals surface area contributed by atoms with E-state index < -0.39 is 55.0 Å². The van der Waals surface area contributed by atoms with Crippen LogP contribution in [0.15, 0.2) is 42.9 Å². The summed E-state index contributed by atoms with van der Waals surface area (Å²) >= 11 is 6.90. The minimum absolute atomic E-state index is 0.0809. The van der Waals surface area contributed by atoms with Gasteiger partial charge in [-0.15, -0.1) is 11.3 Å². The summed E-state index contributed by atoms with van der Waals surface area (Å²) in [6.07, 6.45) is 1.04. The van der Waals surface area contributed by atoms with Crippen LogP contribution in [0.25, 0.3) is 0 Å². The van der Waals surface area contributed by atoms with Gasteiger partial charge in [-0.2, -0.15) is 0 Å². The average molecular weight is 649 g/mol. The molecule has 4 heterocycles. The Labute approximate surface area is 258 Å². The fourth-order valence-electron chi connectivity index (χ4n) is 4.59. The smallest absolute Gasteiger partial charge is 0.414 e. The predicted molar refractivity (Wildman–Crippen MR) is 154 cm³/mol. The maximum absolute atomic E-state index is 15.2. The second-order valence-corrected chi connectivity index (χ2v) is 11.5. The first kappa shape index (κ1) is 31.1. The zero-order valence-electron chi connectivity index (χ0n) is 22.9. The van der Waals surface area contributed by atoms with E-state index in [1.54, 1.807) is 0 Å². The molecule has 1 aromatic carbocycles. The molecule has 0 saturated carbocycles. The summed E-state index contributed by atoms with van der Waals surface area (Å²) in [6.45, 7) is -1.01. The van der Waals surface area contributed by atoms with Crippen molar-refractivity contribution >= 4 is 64.1 Å². The molecule has 2 aliphatic rings. The number of hydrogen-bond donors (Lipinski definition) is 2. The maximum atomic E-state index is 15.2. The number of benzene rings is 1. The van der Waals surface area contributed by atoms with Crippen molar-refractivity contribution < 1.29 is 42.6 Å². The van der Waals surface area contributed by atoms with E-state index in [1.807, 2.05) is 0 Å². The zero-order chi connectivity index (χ0) is 31.4. The number of hydrogen-bond acceptors (Lipinski definition) is 11. The molecule has 17 heteroatoms. The van der Waals surface area contributed by atoms with Crippen molar-refractivity contribution in [2.45, 2.75) is 18.6 Å². The normalized spacial score (nSPS) is 17.4. The van der Waals surface area contributed by atoms with Crippen LogP contribution in [0.3, 0.4) is 0 Å². The van der Waals surface area contributed by atoms with E-state index in [2.05, 4.69) is 9.97 Å². The van der Waals surface area contributed by atoms with Gasteiger partial charge in [-0.25, -0.2) is 14.2 Å². The number of morpholine rings is 1. The van der Waals surface area contributed by atoms with Crippen molar-refractivity contribution in [3.8, 4) is 0 Å². The third-order valence-corrected chi connectivity index (χ3v) is 7.96. The maximum Gasteiger partial charge on any atom is 0.414 e. The van der Waals surface area contributed by atoms with Crippen molar-refractivity contribution in [1.82, 2.24) is 14.9 Å². The summed E-state index contributed by atoms with van der Waals surface area (Å²) in [4.78, 5) is 73.7. The SMILES string of the molecule is N[C@@H](Cc1cnc[nH]1)C(=O)OCC(=O)N(C[C@H]1CN(c2ccc(N3CCOCC3=O)cc2F)C(=O)O1)C(=O)c1ccc(Cl)s1. The Morgan fingerprint density at radius 2 is 2.07 bits per heavy atom. The van der Waals surface area contributed by atoms with Crippen molar-refractivity contribution in [2.75, 3.05) is 49.3 Å². The summed E-state index contributed by atoms with van der Waals surface area (Å²) < 4.78 is 31.0. The van der Waals surface area contributed by atoms with Crippen molar-refractivity contribution in [1.29, 1.82) is 0 Å². The third-order valence-electron chi connectivity index (χ3n) is 6.75. The topological polar surface area (TPSA) is 177 Å². The summed E-state index contributed by atoms with van der Waals surface area (Å²) in [5, 5.41) is 0. The van der Waals surface area contributed by atoms with Gasteiger partial charge in [0.2, 0.25) is 0 Å². The van der Waals surface area contributed by atoms with E-state index in [9.17, 15) is 24.0 Å². The number of carbonyl (C=O) groups is 5. The Hall–Kier alpha value is -4.38. The fraction of sp³-hybridized carbons (Fsp3) is 0.333. The second-order valence-electron chi connectivity index (χ2n) is 9.76. The average Bonchev–Trinajstić information content (AvgIpc) is 3.76. The molecule has 5 rings (SSSR count). The number of nitrogens with two attached hydrogens (primary N) is 1. The summed E-state index contributed by atoms with van der Waals surface area (Å²) in [6, 6.07) is 5.76. The molecule has 2 atom stereocenters. The molecule has 0 aliphatic carbocycles. The second kappa shape index (κ2) is 13.5. The minimum atomic E-state index is -1.10. The first-order valence-electron chi connectivity index (χ1n) is 13.3. The number of aromatic amines is 1. The number of aromatic nitrogens is 2. The first-order chi connectivity index (χ1) is 21.1. The Kier molecular flexibility index (Phi) is 9.53. The van der Waals surface area contributed by atoms with Crippen LogP contribution in [-0.2, 0) is 35.0 Å². The van der Waals surface area contributed by atoms with Gasteiger partial charge < -0.3 is 29.8 Å². The van der Waals surface area contributed by atoms with Crippen LogP contribution in [0.1, 0.15) is 15.4 Å². The van der Waals surface area contributed by atoms with Crippen LogP contribution in [0, 0.1) is 5.82 Å². The molecule has 2 fully saturated rings. The van der Waals surface area contributed by atoms with Gasteiger partial charge in [0, 0.05) is 30.5 Å². The monoisotopic (exact) mass is 648 g/mol. The molecule has 0 unspecified atom stereocenters. The van der Waals surface area contributed by atoms with E-state index in [-0.39, 0.29) is 42.6 Å². The molecule has 0 bridgehead atoms. The molecule has 2 aliphatic heterocycles. The van der Waals surface area contributed by atoms with Crippen molar-refractivity contribution in [2.24, 2.45) is 5.73 Å². The molecule has 2 aromatic heterocycles. The van der Waals surface area contributed by atoms with Crippen LogP contribution in [0.4, 0.5) is 20.6 Å². The molecular formula is C27H26ClFN6O8S. The Morgan fingerprint density at radius 1 is 1.25 bits per heavy atom. The molecule has 0 spiro atoms. The highest BCUT2D eigenvalue weighted by Crippen LogP contribution is 2.30. The number of H-pyrrole nitrogens is 1. The van der Waals surface area contributed by atoms with E-state index >= 15 is 4.39 Å². The number of carbonyl (C=O) groups excluding carboxylic acids is 5. The standard InChI is InChI=1S/C27H26ClFN6O8S/c28-22-4-3-21(44-22)25(38)35(24(37)13-42-26(39)19(30)7-15-9-31-14-32-15)11-17-10-34(27(40)43-17)20-2-1-16(8-18(20)29)33-5-6-41-12-23(33)36/h1-4,8-9,14,17,19H,5-7,10-13,30H2,(H,31,32)/t17-,19+/m1/s1. The first-order valence-corrected chi connectivity index (χ1v) is 14.5. The Bertz CT molecular complexity index is 1570.